The molecule has 1 aromatic carbocycles. The summed E-state index contributed by atoms with van der Waals surface area (Å²) in [5.74, 6) is 0.237. The zero-order chi connectivity index (χ0) is 11.3. The number of nitro benzene ring substituents is 1. The zero-order valence-electron chi connectivity index (χ0n) is 8.40. The molecule has 5 heteroatoms. The summed E-state index contributed by atoms with van der Waals surface area (Å²) in [6, 6.07) is 4.67. The average Bonchev–Trinajstić information content (AvgIpc) is 2.17. The molecule has 15 heavy (non-hydrogen) atoms. The Hall–Kier alpha value is -1.29. The molecule has 0 fully saturated rings. The summed E-state index contributed by atoms with van der Waals surface area (Å²) in [5.41, 5.74) is -0.157. The number of unbranched alkanes of at least 4 members (excludes halogenated alkanes) is 1. The maximum Gasteiger partial charge on any atom is 0.329 e. The van der Waals surface area contributed by atoms with Crippen molar-refractivity contribution in [2.75, 3.05) is 6.61 Å². The molecule has 1 aromatic rings. The average molecular weight is 230 g/mol. The molecule has 0 atom stereocenters. The van der Waals surface area contributed by atoms with Gasteiger partial charge in [0.15, 0.2) is 5.75 Å². The lowest BCUT2D eigenvalue weighted by Crippen LogP contribution is -2.00. The quantitative estimate of drug-likeness (QED) is 0.442. The van der Waals surface area contributed by atoms with Gasteiger partial charge in [-0.3, -0.25) is 10.1 Å². The van der Waals surface area contributed by atoms with E-state index in [4.69, 9.17) is 16.3 Å². The fraction of sp³-hybridized carbons (Fsp3) is 0.400. The minimum absolute atomic E-state index is 0.106. The van der Waals surface area contributed by atoms with Gasteiger partial charge in [-0.2, -0.15) is 0 Å². The largest absolute Gasteiger partial charge is 0.487 e. The highest BCUT2D eigenvalue weighted by Gasteiger charge is 2.19. The second kappa shape index (κ2) is 5.56. The number of ether oxygens (including phenoxy) is 1. The van der Waals surface area contributed by atoms with Crippen LogP contribution in [0.2, 0.25) is 5.02 Å². The van der Waals surface area contributed by atoms with E-state index in [1.54, 1.807) is 12.1 Å². The summed E-state index contributed by atoms with van der Waals surface area (Å²) in [6.45, 7) is 2.49. The van der Waals surface area contributed by atoms with E-state index in [0.717, 1.165) is 12.8 Å². The van der Waals surface area contributed by atoms with Crippen LogP contribution in [0.1, 0.15) is 19.8 Å². The molecular formula is C10H12ClNO3. The molecule has 0 saturated heterocycles. The minimum Gasteiger partial charge on any atom is -0.487 e. The normalized spacial score (nSPS) is 10.0. The number of nitro groups is 1. The fourth-order valence-electron chi connectivity index (χ4n) is 1.12. The molecular weight excluding hydrogens is 218 g/mol. The number of rotatable bonds is 5. The second-order valence-electron chi connectivity index (χ2n) is 3.05. The first-order valence-corrected chi connectivity index (χ1v) is 5.10. The van der Waals surface area contributed by atoms with E-state index < -0.39 is 4.92 Å². The smallest absolute Gasteiger partial charge is 0.329 e. The van der Waals surface area contributed by atoms with Crippen LogP contribution in [0.25, 0.3) is 0 Å². The van der Waals surface area contributed by atoms with E-state index in [1.165, 1.54) is 6.07 Å². The van der Waals surface area contributed by atoms with Crippen molar-refractivity contribution >= 4 is 17.3 Å². The van der Waals surface area contributed by atoms with Crippen molar-refractivity contribution in [1.29, 1.82) is 0 Å². The standard InChI is InChI=1S/C10H12ClNO3/c1-2-3-7-15-9-6-4-5-8(11)10(9)12(13)14/h4-6H,2-3,7H2,1H3. The molecule has 0 aliphatic carbocycles. The Bertz CT molecular complexity index is 355. The molecule has 0 heterocycles. The van der Waals surface area contributed by atoms with Gasteiger partial charge in [-0.25, -0.2) is 0 Å². The van der Waals surface area contributed by atoms with Crippen molar-refractivity contribution in [3.05, 3.63) is 33.3 Å². The zero-order valence-corrected chi connectivity index (χ0v) is 9.16. The van der Waals surface area contributed by atoms with Crippen LogP contribution in [-0.4, -0.2) is 11.5 Å². The van der Waals surface area contributed by atoms with Gasteiger partial charge < -0.3 is 4.74 Å². The summed E-state index contributed by atoms with van der Waals surface area (Å²) >= 11 is 5.72. The number of hydrogen-bond acceptors (Lipinski definition) is 3. The van der Waals surface area contributed by atoms with Crippen LogP contribution >= 0.6 is 11.6 Å². The van der Waals surface area contributed by atoms with E-state index in [-0.39, 0.29) is 16.5 Å². The van der Waals surface area contributed by atoms with Gasteiger partial charge in [-0.15, -0.1) is 0 Å². The highest BCUT2D eigenvalue weighted by molar-refractivity contribution is 6.32. The summed E-state index contributed by atoms with van der Waals surface area (Å²) in [6.07, 6.45) is 1.85. The number of benzene rings is 1. The third kappa shape index (κ3) is 3.09. The number of halogens is 1. The molecule has 0 aliphatic rings. The van der Waals surface area contributed by atoms with Crippen LogP contribution in [0.5, 0.6) is 5.75 Å². The number of para-hydroxylation sites is 1. The molecule has 0 radical (unpaired) electrons. The van der Waals surface area contributed by atoms with Crippen LogP contribution in [0.15, 0.2) is 18.2 Å². The number of nitrogens with zero attached hydrogens (tertiary/aromatic N) is 1. The molecule has 1 rings (SSSR count). The fourth-order valence-corrected chi connectivity index (χ4v) is 1.35. The predicted octanol–water partition coefficient (Wildman–Crippen LogP) is 3.43. The monoisotopic (exact) mass is 229 g/mol. The van der Waals surface area contributed by atoms with E-state index >= 15 is 0 Å². The second-order valence-corrected chi connectivity index (χ2v) is 3.45. The van der Waals surface area contributed by atoms with Gasteiger partial charge in [-0.05, 0) is 18.6 Å². The van der Waals surface area contributed by atoms with Gasteiger partial charge in [-0.1, -0.05) is 31.0 Å². The van der Waals surface area contributed by atoms with E-state index in [0.29, 0.717) is 6.61 Å². The van der Waals surface area contributed by atoms with E-state index in [1.807, 2.05) is 6.92 Å². The predicted molar refractivity (Wildman–Crippen MR) is 58.5 cm³/mol. The topological polar surface area (TPSA) is 52.4 Å². The molecule has 0 spiro atoms. The van der Waals surface area contributed by atoms with Crippen LogP contribution in [0.3, 0.4) is 0 Å². The lowest BCUT2D eigenvalue weighted by atomic mass is 10.3. The van der Waals surface area contributed by atoms with Gasteiger partial charge in [0.25, 0.3) is 0 Å². The van der Waals surface area contributed by atoms with Crippen molar-refractivity contribution in [3.8, 4) is 5.75 Å². The van der Waals surface area contributed by atoms with Crippen molar-refractivity contribution < 1.29 is 9.66 Å². The molecule has 82 valence electrons. The molecule has 4 nitrogen and oxygen atoms in total. The van der Waals surface area contributed by atoms with Gasteiger partial charge in [0.2, 0.25) is 0 Å². The van der Waals surface area contributed by atoms with Crippen molar-refractivity contribution in [3.63, 3.8) is 0 Å². The summed E-state index contributed by atoms with van der Waals surface area (Å²) in [5, 5.41) is 10.8. The summed E-state index contributed by atoms with van der Waals surface area (Å²) < 4.78 is 5.29. The maximum absolute atomic E-state index is 10.7. The van der Waals surface area contributed by atoms with E-state index in [2.05, 4.69) is 0 Å². The summed E-state index contributed by atoms with van der Waals surface area (Å²) in [4.78, 5) is 10.2. The van der Waals surface area contributed by atoms with Crippen molar-refractivity contribution in [2.24, 2.45) is 0 Å². The van der Waals surface area contributed by atoms with Gasteiger partial charge in [0.1, 0.15) is 5.02 Å². The lowest BCUT2D eigenvalue weighted by Gasteiger charge is -2.06. The Morgan fingerprint density at radius 1 is 1.53 bits per heavy atom. The Balaban J connectivity index is 2.86. The molecule has 0 aromatic heterocycles. The Kier molecular flexibility index (Phi) is 4.37. The lowest BCUT2D eigenvalue weighted by molar-refractivity contribution is -0.385. The summed E-state index contributed by atoms with van der Waals surface area (Å²) in [7, 11) is 0. The Labute approximate surface area is 93.0 Å². The minimum atomic E-state index is -0.524. The van der Waals surface area contributed by atoms with Gasteiger partial charge in [0.05, 0.1) is 11.5 Å². The molecule has 0 saturated carbocycles. The van der Waals surface area contributed by atoms with Crippen LogP contribution in [0.4, 0.5) is 5.69 Å². The third-order valence-electron chi connectivity index (χ3n) is 1.89. The van der Waals surface area contributed by atoms with Crippen LogP contribution in [-0.2, 0) is 0 Å². The Morgan fingerprint density at radius 3 is 2.87 bits per heavy atom. The third-order valence-corrected chi connectivity index (χ3v) is 2.19. The first kappa shape index (κ1) is 11.8. The first-order chi connectivity index (χ1) is 7.16. The van der Waals surface area contributed by atoms with Crippen LogP contribution in [0, 0.1) is 10.1 Å². The van der Waals surface area contributed by atoms with Gasteiger partial charge in [0, 0.05) is 0 Å². The SMILES string of the molecule is CCCCOc1cccc(Cl)c1[N+](=O)[O-]. The molecule has 0 unspecified atom stereocenters. The number of hydrogen-bond donors (Lipinski definition) is 0. The van der Waals surface area contributed by atoms with Crippen molar-refractivity contribution in [1.82, 2.24) is 0 Å². The molecule has 0 N–H and O–H groups in total. The molecule has 0 aliphatic heterocycles. The van der Waals surface area contributed by atoms with Crippen molar-refractivity contribution in [2.45, 2.75) is 19.8 Å². The first-order valence-electron chi connectivity index (χ1n) is 4.72. The van der Waals surface area contributed by atoms with E-state index in [9.17, 15) is 10.1 Å². The van der Waals surface area contributed by atoms with Gasteiger partial charge >= 0.3 is 5.69 Å². The molecule has 0 bridgehead atoms. The Morgan fingerprint density at radius 2 is 2.27 bits per heavy atom. The highest BCUT2D eigenvalue weighted by atomic mass is 35.5. The maximum atomic E-state index is 10.7. The molecule has 0 amide bonds. The highest BCUT2D eigenvalue weighted by Crippen LogP contribution is 2.34. The van der Waals surface area contributed by atoms with Crippen LogP contribution < -0.4 is 4.74 Å².